The molecule has 1 unspecified atom stereocenters. The number of nitrogens with one attached hydrogen (secondary N) is 2. The summed E-state index contributed by atoms with van der Waals surface area (Å²) < 4.78 is 0. The van der Waals surface area contributed by atoms with Gasteiger partial charge in [-0.25, -0.2) is 0 Å². The van der Waals surface area contributed by atoms with Crippen molar-refractivity contribution in [2.24, 2.45) is 5.92 Å². The Balaban J connectivity index is 1.67. The van der Waals surface area contributed by atoms with Crippen LogP contribution in [0.5, 0.6) is 0 Å². The first kappa shape index (κ1) is 15.0. The fourth-order valence-electron chi connectivity index (χ4n) is 3.66. The average molecular weight is 318 g/mol. The molecule has 0 spiro atoms. The van der Waals surface area contributed by atoms with E-state index in [9.17, 15) is 4.79 Å². The topological polar surface area (TPSA) is 44.9 Å². The molecule has 1 atom stereocenters. The lowest BCUT2D eigenvalue weighted by Crippen LogP contribution is -2.12. The molecule has 122 valence electrons. The van der Waals surface area contributed by atoms with E-state index in [1.807, 2.05) is 49.4 Å². The maximum absolute atomic E-state index is 12.6. The third kappa shape index (κ3) is 2.71. The number of aromatic amines is 1. The summed E-state index contributed by atoms with van der Waals surface area (Å²) in [6.07, 6.45) is 3.44. The summed E-state index contributed by atoms with van der Waals surface area (Å²) in [4.78, 5) is 16.1. The Kier molecular flexibility index (Phi) is 3.64. The van der Waals surface area contributed by atoms with E-state index in [0.717, 1.165) is 29.6 Å². The number of benzene rings is 2. The highest BCUT2D eigenvalue weighted by Crippen LogP contribution is 2.32. The second-order valence-electron chi connectivity index (χ2n) is 7.01. The Bertz CT molecular complexity index is 923. The number of aryl methyl sites for hydroxylation is 2. The Labute approximate surface area is 142 Å². The summed E-state index contributed by atoms with van der Waals surface area (Å²) in [5.41, 5.74) is 6.57. The van der Waals surface area contributed by atoms with Gasteiger partial charge in [-0.2, -0.15) is 0 Å². The van der Waals surface area contributed by atoms with Crippen LogP contribution in [0.1, 0.15) is 40.5 Å². The Morgan fingerprint density at radius 2 is 2.08 bits per heavy atom. The second-order valence-corrected chi connectivity index (χ2v) is 7.01. The lowest BCUT2D eigenvalue weighted by atomic mass is 9.87. The molecule has 2 aromatic carbocycles. The number of amides is 1. The zero-order valence-corrected chi connectivity index (χ0v) is 14.1. The summed E-state index contributed by atoms with van der Waals surface area (Å²) in [6.45, 7) is 4.32. The lowest BCUT2D eigenvalue weighted by Gasteiger charge is -2.18. The van der Waals surface area contributed by atoms with Gasteiger partial charge in [0.05, 0.1) is 0 Å². The van der Waals surface area contributed by atoms with E-state index in [-0.39, 0.29) is 5.91 Å². The second kappa shape index (κ2) is 5.82. The summed E-state index contributed by atoms with van der Waals surface area (Å²) in [7, 11) is 0. The average Bonchev–Trinajstić information content (AvgIpc) is 2.92. The van der Waals surface area contributed by atoms with Crippen LogP contribution in [0.25, 0.3) is 10.9 Å². The van der Waals surface area contributed by atoms with Crippen molar-refractivity contribution in [3.05, 3.63) is 64.8 Å². The highest BCUT2D eigenvalue weighted by Gasteiger charge is 2.20. The molecular formula is C21H22N2O. The largest absolute Gasteiger partial charge is 0.358 e. The van der Waals surface area contributed by atoms with Crippen LogP contribution in [0.3, 0.4) is 0 Å². The van der Waals surface area contributed by atoms with Crippen LogP contribution in [-0.2, 0) is 12.8 Å². The van der Waals surface area contributed by atoms with E-state index < -0.39 is 0 Å². The van der Waals surface area contributed by atoms with Crippen molar-refractivity contribution in [3.8, 4) is 0 Å². The van der Waals surface area contributed by atoms with Gasteiger partial charge >= 0.3 is 0 Å². The maximum atomic E-state index is 12.6. The summed E-state index contributed by atoms with van der Waals surface area (Å²) in [6, 6.07) is 13.8. The molecule has 24 heavy (non-hydrogen) atoms. The van der Waals surface area contributed by atoms with Crippen molar-refractivity contribution in [2.45, 2.75) is 33.1 Å². The molecule has 1 amide bonds. The van der Waals surface area contributed by atoms with E-state index in [2.05, 4.69) is 17.2 Å². The molecule has 1 aliphatic rings. The molecule has 0 saturated heterocycles. The van der Waals surface area contributed by atoms with Gasteiger partial charge in [0.2, 0.25) is 0 Å². The van der Waals surface area contributed by atoms with Crippen molar-refractivity contribution >= 4 is 22.5 Å². The number of hydrogen-bond donors (Lipinski definition) is 2. The maximum Gasteiger partial charge on any atom is 0.255 e. The molecule has 0 aliphatic heterocycles. The number of hydrogen-bond acceptors (Lipinski definition) is 1. The monoisotopic (exact) mass is 318 g/mol. The summed E-state index contributed by atoms with van der Waals surface area (Å²) in [5.74, 6) is 0.655. The molecule has 3 heteroatoms. The molecule has 0 saturated carbocycles. The van der Waals surface area contributed by atoms with Crippen molar-refractivity contribution in [3.63, 3.8) is 0 Å². The predicted octanol–water partition coefficient (Wildman–Crippen LogP) is 4.85. The molecule has 0 bridgehead atoms. The Hall–Kier alpha value is -2.55. The first-order chi connectivity index (χ1) is 11.6. The fraction of sp³-hybridized carbons (Fsp3) is 0.286. The van der Waals surface area contributed by atoms with Crippen LogP contribution < -0.4 is 5.32 Å². The smallest absolute Gasteiger partial charge is 0.255 e. The minimum atomic E-state index is -0.0543. The third-order valence-corrected chi connectivity index (χ3v) is 4.97. The molecular weight excluding hydrogens is 296 g/mol. The van der Waals surface area contributed by atoms with E-state index in [4.69, 9.17) is 0 Å². The number of H-pyrrole nitrogens is 1. The third-order valence-electron chi connectivity index (χ3n) is 4.97. The van der Waals surface area contributed by atoms with Crippen LogP contribution in [0.15, 0.2) is 42.5 Å². The van der Waals surface area contributed by atoms with Gasteiger partial charge in [-0.1, -0.05) is 19.1 Å². The SMILES string of the molecule is Cc1cccc(NC(=O)c2ccc3[nH]c4c(c3c2)CC(C)CC4)c1. The molecule has 0 fully saturated rings. The predicted molar refractivity (Wildman–Crippen MR) is 98.6 cm³/mol. The number of fused-ring (bicyclic) bond motifs is 3. The number of anilines is 1. The van der Waals surface area contributed by atoms with Crippen molar-refractivity contribution < 1.29 is 4.79 Å². The minimum Gasteiger partial charge on any atom is -0.358 e. The number of carbonyl (C=O) groups is 1. The van der Waals surface area contributed by atoms with Gasteiger partial charge in [0.1, 0.15) is 0 Å². The molecule has 0 radical (unpaired) electrons. The normalized spacial score (nSPS) is 16.8. The molecule has 1 heterocycles. The van der Waals surface area contributed by atoms with Crippen LogP contribution in [0.4, 0.5) is 5.69 Å². The van der Waals surface area contributed by atoms with Gasteiger partial charge in [0.25, 0.3) is 5.91 Å². The van der Waals surface area contributed by atoms with Crippen LogP contribution in [0, 0.1) is 12.8 Å². The van der Waals surface area contributed by atoms with Crippen LogP contribution in [0.2, 0.25) is 0 Å². The quantitative estimate of drug-likeness (QED) is 0.697. The molecule has 4 rings (SSSR count). The van der Waals surface area contributed by atoms with Crippen molar-refractivity contribution in [1.29, 1.82) is 0 Å². The molecule has 1 aliphatic carbocycles. The van der Waals surface area contributed by atoms with Gasteiger partial charge in [-0.05, 0) is 73.6 Å². The fourth-order valence-corrected chi connectivity index (χ4v) is 3.66. The van der Waals surface area contributed by atoms with Gasteiger partial charge in [-0.15, -0.1) is 0 Å². The first-order valence-corrected chi connectivity index (χ1v) is 8.61. The molecule has 3 nitrogen and oxygen atoms in total. The Morgan fingerprint density at radius 3 is 2.92 bits per heavy atom. The number of rotatable bonds is 2. The summed E-state index contributed by atoms with van der Waals surface area (Å²) >= 11 is 0. The number of aromatic nitrogens is 1. The molecule has 3 aromatic rings. The van der Waals surface area contributed by atoms with E-state index in [1.54, 1.807) is 0 Å². The minimum absolute atomic E-state index is 0.0543. The van der Waals surface area contributed by atoms with Gasteiger partial charge < -0.3 is 10.3 Å². The van der Waals surface area contributed by atoms with Gasteiger partial charge in [0, 0.05) is 27.8 Å². The lowest BCUT2D eigenvalue weighted by molar-refractivity contribution is 0.102. The van der Waals surface area contributed by atoms with Gasteiger partial charge in [-0.3, -0.25) is 4.79 Å². The van der Waals surface area contributed by atoms with Crippen LogP contribution in [-0.4, -0.2) is 10.9 Å². The summed E-state index contributed by atoms with van der Waals surface area (Å²) in [5, 5.41) is 4.20. The standard InChI is InChI=1S/C21H22N2O/c1-13-4-3-5-16(10-13)22-21(24)15-7-9-20-18(12-15)17-11-14(2)6-8-19(17)23-20/h3-5,7,9-10,12,14,23H,6,8,11H2,1-2H3,(H,22,24). The molecule has 1 aromatic heterocycles. The van der Waals surface area contributed by atoms with Crippen molar-refractivity contribution in [2.75, 3.05) is 5.32 Å². The van der Waals surface area contributed by atoms with E-state index in [1.165, 1.54) is 23.1 Å². The zero-order chi connectivity index (χ0) is 16.7. The Morgan fingerprint density at radius 1 is 1.21 bits per heavy atom. The highest BCUT2D eigenvalue weighted by atomic mass is 16.1. The van der Waals surface area contributed by atoms with E-state index in [0.29, 0.717) is 11.5 Å². The molecule has 2 N–H and O–H groups in total. The zero-order valence-electron chi connectivity index (χ0n) is 14.1. The van der Waals surface area contributed by atoms with Crippen LogP contribution >= 0.6 is 0 Å². The van der Waals surface area contributed by atoms with Crippen molar-refractivity contribution in [1.82, 2.24) is 4.98 Å². The first-order valence-electron chi connectivity index (χ1n) is 8.61. The number of carbonyl (C=O) groups excluding carboxylic acids is 1. The highest BCUT2D eigenvalue weighted by molar-refractivity contribution is 6.06. The van der Waals surface area contributed by atoms with Gasteiger partial charge in [0.15, 0.2) is 0 Å². The van der Waals surface area contributed by atoms with E-state index >= 15 is 0 Å².